The van der Waals surface area contributed by atoms with Gasteiger partial charge in [0.2, 0.25) is 0 Å². The van der Waals surface area contributed by atoms with Gasteiger partial charge in [-0.3, -0.25) is 9.80 Å². The average Bonchev–Trinajstić information content (AvgIpc) is 2.85. The Bertz CT molecular complexity index is 942. The summed E-state index contributed by atoms with van der Waals surface area (Å²) in [6.45, 7) is 6.87. The Hall–Kier alpha value is -2.86. The molecule has 3 aromatic carbocycles. The number of ether oxygens (including phenoxy) is 1. The van der Waals surface area contributed by atoms with Crippen molar-refractivity contribution in [2.75, 3.05) is 51.3 Å². The van der Waals surface area contributed by atoms with E-state index in [2.05, 4.69) is 69.3 Å². The van der Waals surface area contributed by atoms with Crippen LogP contribution in [0.5, 0.6) is 5.75 Å². The molecule has 1 aliphatic heterocycles. The molecule has 0 saturated carbocycles. The molecule has 3 aromatic rings. The van der Waals surface area contributed by atoms with Gasteiger partial charge in [-0.15, -0.1) is 0 Å². The van der Waals surface area contributed by atoms with E-state index >= 15 is 0 Å². The monoisotopic (exact) mass is 445 g/mol. The highest BCUT2D eigenvalue weighted by Crippen LogP contribution is 2.18. The summed E-state index contributed by atoms with van der Waals surface area (Å²) < 4.78 is 5.83. The molecule has 1 aliphatic rings. The smallest absolute Gasteiger partial charge is 0.119 e. The lowest BCUT2D eigenvalue weighted by atomic mass is 10.2. The van der Waals surface area contributed by atoms with Crippen LogP contribution in [-0.4, -0.2) is 67.4 Å². The van der Waals surface area contributed by atoms with Crippen LogP contribution in [0.3, 0.4) is 0 Å². The van der Waals surface area contributed by atoms with E-state index in [-0.39, 0.29) is 0 Å². The number of piperazine rings is 1. The molecule has 1 fully saturated rings. The summed E-state index contributed by atoms with van der Waals surface area (Å²) in [7, 11) is 2.02. The Morgan fingerprint density at radius 3 is 2.12 bits per heavy atom. The van der Waals surface area contributed by atoms with Gasteiger partial charge in [-0.2, -0.15) is 0 Å². The van der Waals surface area contributed by atoms with Gasteiger partial charge >= 0.3 is 0 Å². The van der Waals surface area contributed by atoms with Gasteiger partial charge < -0.3 is 14.7 Å². The lowest BCUT2D eigenvalue weighted by Crippen LogP contribution is -2.45. The third-order valence-corrected chi connectivity index (χ3v) is 6.08. The zero-order valence-electron chi connectivity index (χ0n) is 19.5. The maximum Gasteiger partial charge on any atom is 0.119 e. The van der Waals surface area contributed by atoms with Crippen molar-refractivity contribution in [3.8, 4) is 5.75 Å². The number of anilines is 1. The van der Waals surface area contributed by atoms with E-state index in [9.17, 15) is 5.11 Å². The molecule has 174 valence electrons. The van der Waals surface area contributed by atoms with Gasteiger partial charge in [0, 0.05) is 51.5 Å². The number of rotatable bonds is 10. The lowest BCUT2D eigenvalue weighted by molar-refractivity contribution is 0.0744. The second kappa shape index (κ2) is 11.8. The van der Waals surface area contributed by atoms with Crippen molar-refractivity contribution < 1.29 is 9.84 Å². The largest absolute Gasteiger partial charge is 0.491 e. The molecule has 0 aromatic heterocycles. The van der Waals surface area contributed by atoms with E-state index in [1.807, 2.05) is 37.4 Å². The van der Waals surface area contributed by atoms with Crippen molar-refractivity contribution in [1.29, 1.82) is 0 Å². The van der Waals surface area contributed by atoms with Gasteiger partial charge in [0.25, 0.3) is 0 Å². The first-order valence-corrected chi connectivity index (χ1v) is 11.8. The molecule has 5 nitrogen and oxygen atoms in total. The predicted molar refractivity (Wildman–Crippen MR) is 135 cm³/mol. The van der Waals surface area contributed by atoms with Crippen molar-refractivity contribution in [3.63, 3.8) is 0 Å². The van der Waals surface area contributed by atoms with Crippen LogP contribution in [0.25, 0.3) is 0 Å². The first-order chi connectivity index (χ1) is 16.2. The molecule has 0 radical (unpaired) electrons. The lowest BCUT2D eigenvalue weighted by Gasteiger charge is -2.36. The van der Waals surface area contributed by atoms with Crippen LogP contribution in [0.15, 0.2) is 84.9 Å². The van der Waals surface area contributed by atoms with Crippen LogP contribution in [-0.2, 0) is 13.1 Å². The molecule has 1 heterocycles. The molecule has 1 atom stereocenters. The molecular formula is C28H35N3O2. The fourth-order valence-corrected chi connectivity index (χ4v) is 4.32. The molecule has 1 N–H and O–H groups in total. The maximum atomic E-state index is 10.4. The highest BCUT2D eigenvalue weighted by Gasteiger charge is 2.17. The Kier molecular flexibility index (Phi) is 8.36. The summed E-state index contributed by atoms with van der Waals surface area (Å²) in [6, 6.07) is 29.2. The highest BCUT2D eigenvalue weighted by atomic mass is 16.5. The number of benzene rings is 3. The molecule has 0 aliphatic carbocycles. The number of likely N-dealkylation sites (N-methyl/N-ethyl adjacent to an activating group) is 1. The van der Waals surface area contributed by atoms with Crippen LogP contribution in [0.2, 0.25) is 0 Å². The minimum Gasteiger partial charge on any atom is -0.491 e. The molecule has 4 rings (SSSR count). The van der Waals surface area contributed by atoms with Crippen molar-refractivity contribution in [2.24, 2.45) is 0 Å². The van der Waals surface area contributed by atoms with Crippen molar-refractivity contribution in [1.82, 2.24) is 9.80 Å². The fraction of sp³-hybridized carbons (Fsp3) is 0.357. The van der Waals surface area contributed by atoms with Gasteiger partial charge in [0.1, 0.15) is 18.5 Å². The number of nitrogens with zero attached hydrogens (tertiary/aromatic N) is 3. The molecule has 0 bridgehead atoms. The number of hydrogen-bond acceptors (Lipinski definition) is 5. The summed E-state index contributed by atoms with van der Waals surface area (Å²) in [4.78, 5) is 7.07. The SMILES string of the molecule is CN(Cc1ccccc1)CC(O)COc1ccc(CN2CCN(c3ccccc3)CC2)cc1. The average molecular weight is 446 g/mol. The molecule has 33 heavy (non-hydrogen) atoms. The number of aliphatic hydroxyl groups is 1. The van der Waals surface area contributed by atoms with Gasteiger partial charge in [-0.05, 0) is 42.4 Å². The van der Waals surface area contributed by atoms with Crippen molar-refractivity contribution in [2.45, 2.75) is 19.2 Å². The fourth-order valence-electron chi connectivity index (χ4n) is 4.32. The summed E-state index contributed by atoms with van der Waals surface area (Å²) in [5.74, 6) is 0.803. The minimum atomic E-state index is -0.528. The van der Waals surface area contributed by atoms with Crippen molar-refractivity contribution in [3.05, 3.63) is 96.1 Å². The predicted octanol–water partition coefficient (Wildman–Crippen LogP) is 3.88. The number of aliphatic hydroxyl groups excluding tert-OH is 1. The summed E-state index contributed by atoms with van der Waals surface area (Å²) in [5.41, 5.74) is 3.84. The zero-order valence-corrected chi connectivity index (χ0v) is 19.5. The molecule has 1 saturated heterocycles. The Balaban J connectivity index is 1.16. The third kappa shape index (κ3) is 7.32. The van der Waals surface area contributed by atoms with Crippen LogP contribution in [0.1, 0.15) is 11.1 Å². The van der Waals surface area contributed by atoms with E-state index in [1.54, 1.807) is 0 Å². The van der Waals surface area contributed by atoms with Crippen LogP contribution >= 0.6 is 0 Å². The molecule has 5 heteroatoms. The highest BCUT2D eigenvalue weighted by molar-refractivity contribution is 5.46. The van der Waals surface area contributed by atoms with Gasteiger partial charge in [0.05, 0.1) is 0 Å². The Labute approximate surface area is 197 Å². The molecule has 0 amide bonds. The normalized spacial score (nSPS) is 15.5. The van der Waals surface area contributed by atoms with E-state index in [0.717, 1.165) is 45.0 Å². The second-order valence-corrected chi connectivity index (χ2v) is 8.89. The number of para-hydroxylation sites is 1. The van der Waals surface area contributed by atoms with Crippen molar-refractivity contribution >= 4 is 5.69 Å². The van der Waals surface area contributed by atoms with Crippen LogP contribution < -0.4 is 9.64 Å². The van der Waals surface area contributed by atoms with E-state index in [1.165, 1.54) is 16.8 Å². The molecule has 1 unspecified atom stereocenters. The topological polar surface area (TPSA) is 39.2 Å². The standard InChI is InChI=1S/C28H35N3O2/c1-29(20-24-8-4-2-5-9-24)22-27(32)23-33-28-14-12-25(13-15-28)21-30-16-18-31(19-17-30)26-10-6-3-7-11-26/h2-15,27,32H,16-23H2,1H3. The Morgan fingerprint density at radius 2 is 1.45 bits per heavy atom. The summed E-state index contributed by atoms with van der Waals surface area (Å²) in [5, 5.41) is 10.4. The minimum absolute atomic E-state index is 0.292. The first-order valence-electron chi connectivity index (χ1n) is 11.8. The molecule has 0 spiro atoms. The van der Waals surface area contributed by atoms with Crippen LogP contribution in [0, 0.1) is 0 Å². The van der Waals surface area contributed by atoms with Crippen LogP contribution in [0.4, 0.5) is 5.69 Å². The first kappa shape index (κ1) is 23.3. The zero-order chi connectivity index (χ0) is 22.9. The maximum absolute atomic E-state index is 10.4. The number of hydrogen-bond donors (Lipinski definition) is 1. The van der Waals surface area contributed by atoms with E-state index in [4.69, 9.17) is 4.74 Å². The quantitative estimate of drug-likeness (QED) is 0.513. The Morgan fingerprint density at radius 1 is 0.818 bits per heavy atom. The third-order valence-electron chi connectivity index (χ3n) is 6.08. The van der Waals surface area contributed by atoms with Gasteiger partial charge in [0.15, 0.2) is 0 Å². The second-order valence-electron chi connectivity index (χ2n) is 8.89. The van der Waals surface area contributed by atoms with Gasteiger partial charge in [-0.1, -0.05) is 60.7 Å². The summed E-state index contributed by atoms with van der Waals surface area (Å²) >= 11 is 0. The summed E-state index contributed by atoms with van der Waals surface area (Å²) in [6.07, 6.45) is -0.528. The van der Waals surface area contributed by atoms with Gasteiger partial charge in [-0.25, -0.2) is 0 Å². The van der Waals surface area contributed by atoms with E-state index < -0.39 is 6.10 Å². The van der Waals surface area contributed by atoms with E-state index in [0.29, 0.717) is 13.2 Å². The molecular weight excluding hydrogens is 410 g/mol.